The summed E-state index contributed by atoms with van der Waals surface area (Å²) in [5.74, 6) is 1.97. The Morgan fingerprint density at radius 2 is 1.62 bits per heavy atom. The Hall–Kier alpha value is -1.43. The van der Waals surface area contributed by atoms with E-state index in [1.807, 2.05) is 5.92 Å². The summed E-state index contributed by atoms with van der Waals surface area (Å²) in [6, 6.07) is 3.86. The summed E-state index contributed by atoms with van der Waals surface area (Å²) in [7, 11) is 0. The summed E-state index contributed by atoms with van der Waals surface area (Å²) < 4.78 is 38.4. The van der Waals surface area contributed by atoms with E-state index in [1.165, 1.54) is 12.1 Å². The molecule has 0 heterocycles. The second-order valence-electron chi connectivity index (χ2n) is 4.63. The summed E-state index contributed by atoms with van der Waals surface area (Å²) >= 11 is 0. The van der Waals surface area contributed by atoms with Gasteiger partial charge in [0.2, 0.25) is 0 Å². The minimum absolute atomic E-state index is 0.139. The highest BCUT2D eigenvalue weighted by molar-refractivity contribution is 5.43. The standard InChI is InChI=1S/C13H12F3/c1-5-9-6-7-10(12(2,3)4)11(8-9)13(14,15)16/h6-8H,2-4H3. The van der Waals surface area contributed by atoms with Gasteiger partial charge in [-0.05, 0) is 29.5 Å². The second-order valence-corrected chi connectivity index (χ2v) is 4.63. The number of hydrogen-bond donors (Lipinski definition) is 0. The van der Waals surface area contributed by atoms with Crippen LogP contribution in [0.3, 0.4) is 0 Å². The van der Waals surface area contributed by atoms with E-state index in [9.17, 15) is 13.2 Å². The molecule has 16 heavy (non-hydrogen) atoms. The smallest absolute Gasteiger partial charge is 0.166 e. The topological polar surface area (TPSA) is 0 Å². The van der Waals surface area contributed by atoms with Crippen molar-refractivity contribution in [3.63, 3.8) is 0 Å². The van der Waals surface area contributed by atoms with Gasteiger partial charge < -0.3 is 0 Å². The third kappa shape index (κ3) is 2.57. The van der Waals surface area contributed by atoms with E-state index in [1.54, 1.807) is 20.8 Å². The molecule has 1 aromatic carbocycles. The molecule has 3 heteroatoms. The molecule has 0 aliphatic rings. The fourth-order valence-corrected chi connectivity index (χ4v) is 1.51. The maximum atomic E-state index is 12.8. The van der Waals surface area contributed by atoms with Crippen LogP contribution < -0.4 is 0 Å². The van der Waals surface area contributed by atoms with Crippen LogP contribution in [0.1, 0.15) is 37.5 Å². The number of rotatable bonds is 0. The number of benzene rings is 1. The molecule has 1 radical (unpaired) electrons. The summed E-state index contributed by atoms with van der Waals surface area (Å²) in [5, 5.41) is 0. The molecule has 0 aliphatic carbocycles. The number of alkyl halides is 3. The van der Waals surface area contributed by atoms with Crippen LogP contribution in [0.25, 0.3) is 0 Å². The first-order valence-corrected chi connectivity index (χ1v) is 4.80. The van der Waals surface area contributed by atoms with Crippen molar-refractivity contribution in [2.24, 2.45) is 0 Å². The molecule has 1 aromatic rings. The largest absolute Gasteiger partial charge is 0.416 e. The quantitative estimate of drug-likeness (QED) is 0.586. The lowest BCUT2D eigenvalue weighted by Crippen LogP contribution is -2.19. The Morgan fingerprint density at radius 3 is 2.00 bits per heavy atom. The number of hydrogen-bond acceptors (Lipinski definition) is 0. The van der Waals surface area contributed by atoms with Crippen LogP contribution in [0, 0.1) is 12.3 Å². The fourth-order valence-electron chi connectivity index (χ4n) is 1.51. The van der Waals surface area contributed by atoms with E-state index >= 15 is 0 Å². The second kappa shape index (κ2) is 3.86. The van der Waals surface area contributed by atoms with Gasteiger partial charge in [-0.3, -0.25) is 0 Å². The lowest BCUT2D eigenvalue weighted by Gasteiger charge is -2.24. The van der Waals surface area contributed by atoms with E-state index in [0.717, 1.165) is 6.07 Å². The van der Waals surface area contributed by atoms with Crippen molar-refractivity contribution in [1.29, 1.82) is 0 Å². The van der Waals surface area contributed by atoms with Crippen LogP contribution in [0.5, 0.6) is 0 Å². The minimum atomic E-state index is -4.39. The zero-order valence-electron chi connectivity index (χ0n) is 9.37. The molecule has 0 atom stereocenters. The zero-order valence-corrected chi connectivity index (χ0v) is 9.37. The van der Waals surface area contributed by atoms with Crippen LogP contribution in [-0.2, 0) is 11.6 Å². The zero-order chi connectivity index (χ0) is 12.6. The molecule has 0 aliphatic heterocycles. The van der Waals surface area contributed by atoms with Crippen LogP contribution in [0.2, 0.25) is 0 Å². The maximum Gasteiger partial charge on any atom is 0.416 e. The van der Waals surface area contributed by atoms with Gasteiger partial charge in [-0.15, -0.1) is 0 Å². The molecule has 0 unspecified atom stereocenters. The van der Waals surface area contributed by atoms with E-state index in [2.05, 4.69) is 0 Å². The predicted molar refractivity (Wildman–Crippen MR) is 56.4 cm³/mol. The Bertz CT molecular complexity index is 428. The average molecular weight is 225 g/mol. The van der Waals surface area contributed by atoms with Gasteiger partial charge in [0, 0.05) is 5.56 Å². The van der Waals surface area contributed by atoms with Gasteiger partial charge in [0.25, 0.3) is 0 Å². The van der Waals surface area contributed by atoms with Crippen molar-refractivity contribution in [2.45, 2.75) is 32.4 Å². The Labute approximate surface area is 93.5 Å². The highest BCUT2D eigenvalue weighted by atomic mass is 19.4. The van der Waals surface area contributed by atoms with Gasteiger partial charge >= 0.3 is 6.18 Å². The maximum absolute atomic E-state index is 12.8. The van der Waals surface area contributed by atoms with Crippen LogP contribution in [-0.4, -0.2) is 0 Å². The molecule has 1 rings (SSSR count). The summed E-state index contributed by atoms with van der Waals surface area (Å²) in [6.45, 7) is 5.18. The van der Waals surface area contributed by atoms with Crippen molar-refractivity contribution in [3.05, 3.63) is 41.3 Å². The Kier molecular flexibility index (Phi) is 3.05. The molecule has 0 saturated heterocycles. The van der Waals surface area contributed by atoms with E-state index in [4.69, 9.17) is 6.42 Å². The van der Waals surface area contributed by atoms with Gasteiger partial charge in [0.1, 0.15) is 0 Å². The van der Waals surface area contributed by atoms with Crippen molar-refractivity contribution in [1.82, 2.24) is 0 Å². The molecule has 0 amide bonds. The fraction of sp³-hybridized carbons (Fsp3) is 0.385. The molecule has 0 fully saturated rings. The molecular formula is C13H12F3. The van der Waals surface area contributed by atoms with Crippen LogP contribution in [0.15, 0.2) is 18.2 Å². The van der Waals surface area contributed by atoms with Gasteiger partial charge in [-0.25, -0.2) is 0 Å². The molecule has 85 valence electrons. The van der Waals surface area contributed by atoms with E-state index in [-0.39, 0.29) is 11.1 Å². The lowest BCUT2D eigenvalue weighted by atomic mass is 9.83. The first-order valence-electron chi connectivity index (χ1n) is 4.80. The highest BCUT2D eigenvalue weighted by Crippen LogP contribution is 2.37. The normalized spacial score (nSPS) is 12.3. The Morgan fingerprint density at radius 1 is 1.06 bits per heavy atom. The summed E-state index contributed by atoms with van der Waals surface area (Å²) in [6.07, 6.45) is 2.46. The lowest BCUT2D eigenvalue weighted by molar-refractivity contribution is -0.138. The van der Waals surface area contributed by atoms with Crippen molar-refractivity contribution in [2.75, 3.05) is 0 Å². The van der Waals surface area contributed by atoms with Crippen LogP contribution >= 0.6 is 0 Å². The minimum Gasteiger partial charge on any atom is -0.166 e. The molecule has 0 saturated carbocycles. The van der Waals surface area contributed by atoms with Gasteiger partial charge in [-0.2, -0.15) is 13.2 Å². The van der Waals surface area contributed by atoms with Crippen molar-refractivity contribution >= 4 is 0 Å². The predicted octanol–water partition coefficient (Wildman–Crippen LogP) is 3.94. The first kappa shape index (κ1) is 12.6. The third-order valence-corrected chi connectivity index (χ3v) is 2.28. The van der Waals surface area contributed by atoms with Crippen molar-refractivity contribution in [3.8, 4) is 5.92 Å². The van der Waals surface area contributed by atoms with E-state index < -0.39 is 17.2 Å². The van der Waals surface area contributed by atoms with Crippen molar-refractivity contribution < 1.29 is 13.2 Å². The molecule has 0 nitrogen and oxygen atoms in total. The molecular weight excluding hydrogens is 213 g/mol. The third-order valence-electron chi connectivity index (χ3n) is 2.28. The molecule has 0 aromatic heterocycles. The molecule has 0 N–H and O–H groups in total. The van der Waals surface area contributed by atoms with Crippen LogP contribution in [0.4, 0.5) is 13.2 Å². The molecule has 0 spiro atoms. The first-order chi connectivity index (χ1) is 7.16. The SMILES string of the molecule is [C]#Cc1ccc(C(C)(C)C)c(C(F)(F)F)c1. The number of halogens is 3. The van der Waals surface area contributed by atoms with Gasteiger partial charge in [0.15, 0.2) is 0 Å². The van der Waals surface area contributed by atoms with E-state index in [0.29, 0.717) is 0 Å². The highest BCUT2D eigenvalue weighted by Gasteiger charge is 2.36. The monoisotopic (exact) mass is 225 g/mol. The van der Waals surface area contributed by atoms with Gasteiger partial charge in [0.05, 0.1) is 5.56 Å². The summed E-state index contributed by atoms with van der Waals surface area (Å²) in [5.41, 5.74) is -0.887. The summed E-state index contributed by atoms with van der Waals surface area (Å²) in [4.78, 5) is 0. The average Bonchev–Trinajstić information content (AvgIpc) is 2.14. The molecule has 0 bridgehead atoms. The van der Waals surface area contributed by atoms with Gasteiger partial charge in [-0.1, -0.05) is 32.8 Å². The Balaban J connectivity index is 3.47.